The van der Waals surface area contributed by atoms with Gasteiger partial charge in [-0.15, -0.1) is 0 Å². The highest BCUT2D eigenvalue weighted by molar-refractivity contribution is 5.39. The van der Waals surface area contributed by atoms with Gasteiger partial charge in [0.2, 0.25) is 0 Å². The van der Waals surface area contributed by atoms with Crippen molar-refractivity contribution in [2.75, 3.05) is 0 Å². The molecule has 0 fully saturated rings. The Kier molecular flexibility index (Phi) is 3.96. The highest BCUT2D eigenvalue weighted by atomic mass is 14.5. The Morgan fingerprint density at radius 2 is 1.75 bits per heavy atom. The molecule has 0 saturated heterocycles. The molecular formula is C18H20N2. The summed E-state index contributed by atoms with van der Waals surface area (Å²) in [6.45, 7) is 6.31. The van der Waals surface area contributed by atoms with Gasteiger partial charge in [-0.2, -0.15) is 10.5 Å². The molecule has 0 unspecified atom stereocenters. The van der Waals surface area contributed by atoms with Crippen molar-refractivity contribution in [2.45, 2.75) is 33.1 Å². The Bertz CT molecular complexity index is 570. The zero-order valence-corrected chi connectivity index (χ0v) is 12.3. The first-order valence-electron chi connectivity index (χ1n) is 7.10. The monoisotopic (exact) mass is 264 g/mol. The standard InChI is InChI=1S/C18H20N2/c1-13(2)16-9-14(3)10-17(18(16,11-19)12-20)15-7-5-4-6-8-15/h4-8,10,13,16-17H,9H2,1-3H3/t16-,17+/m1/s1. The van der Waals surface area contributed by atoms with Crippen LogP contribution in [0.25, 0.3) is 0 Å². The second-order valence-electron chi connectivity index (χ2n) is 6.05. The number of benzene rings is 1. The molecule has 20 heavy (non-hydrogen) atoms. The van der Waals surface area contributed by atoms with E-state index < -0.39 is 5.41 Å². The lowest BCUT2D eigenvalue weighted by Crippen LogP contribution is -2.39. The van der Waals surface area contributed by atoms with Crippen LogP contribution in [0.1, 0.15) is 38.7 Å². The van der Waals surface area contributed by atoms with Gasteiger partial charge in [0.15, 0.2) is 5.41 Å². The van der Waals surface area contributed by atoms with Crippen molar-refractivity contribution in [1.82, 2.24) is 0 Å². The lowest BCUT2D eigenvalue weighted by Gasteiger charge is -2.41. The maximum atomic E-state index is 9.78. The van der Waals surface area contributed by atoms with Crippen LogP contribution in [0.3, 0.4) is 0 Å². The summed E-state index contributed by atoms with van der Waals surface area (Å²) in [6, 6.07) is 14.7. The molecule has 0 bridgehead atoms. The summed E-state index contributed by atoms with van der Waals surface area (Å²) >= 11 is 0. The second kappa shape index (κ2) is 5.51. The third kappa shape index (κ3) is 2.23. The maximum Gasteiger partial charge on any atom is 0.157 e. The highest BCUT2D eigenvalue weighted by Crippen LogP contribution is 2.51. The molecular weight excluding hydrogens is 244 g/mol. The number of nitrogens with zero attached hydrogens (tertiary/aromatic N) is 2. The fraction of sp³-hybridized carbons (Fsp3) is 0.444. The van der Waals surface area contributed by atoms with Crippen molar-refractivity contribution >= 4 is 0 Å². The predicted octanol–water partition coefficient (Wildman–Crippen LogP) is 4.43. The third-order valence-electron chi connectivity index (χ3n) is 4.40. The molecule has 0 aromatic heterocycles. The van der Waals surface area contributed by atoms with E-state index in [9.17, 15) is 10.5 Å². The minimum atomic E-state index is -0.963. The Morgan fingerprint density at radius 3 is 2.25 bits per heavy atom. The van der Waals surface area contributed by atoms with Crippen LogP contribution < -0.4 is 0 Å². The van der Waals surface area contributed by atoms with Crippen molar-refractivity contribution in [3.63, 3.8) is 0 Å². The van der Waals surface area contributed by atoms with Crippen LogP contribution in [-0.4, -0.2) is 0 Å². The largest absolute Gasteiger partial charge is 0.197 e. The molecule has 2 atom stereocenters. The van der Waals surface area contributed by atoms with E-state index in [2.05, 4.69) is 39.0 Å². The smallest absolute Gasteiger partial charge is 0.157 e. The predicted molar refractivity (Wildman–Crippen MR) is 79.5 cm³/mol. The van der Waals surface area contributed by atoms with Crippen LogP contribution >= 0.6 is 0 Å². The molecule has 1 aliphatic rings. The lowest BCUT2D eigenvalue weighted by molar-refractivity contribution is 0.203. The summed E-state index contributed by atoms with van der Waals surface area (Å²) in [5.74, 6) is 0.247. The molecule has 0 aliphatic heterocycles. The van der Waals surface area contributed by atoms with Crippen molar-refractivity contribution in [1.29, 1.82) is 10.5 Å². The molecule has 0 amide bonds. The number of nitriles is 2. The zero-order chi connectivity index (χ0) is 14.8. The molecule has 0 spiro atoms. The lowest BCUT2D eigenvalue weighted by atomic mass is 9.58. The Labute approximate surface area is 121 Å². The first-order valence-corrected chi connectivity index (χ1v) is 7.10. The van der Waals surface area contributed by atoms with Gasteiger partial charge in [0.25, 0.3) is 0 Å². The van der Waals surface area contributed by atoms with Crippen LogP contribution in [0.2, 0.25) is 0 Å². The van der Waals surface area contributed by atoms with Crippen molar-refractivity contribution < 1.29 is 0 Å². The minimum absolute atomic E-state index is 0.0766. The number of hydrogen-bond acceptors (Lipinski definition) is 2. The first-order chi connectivity index (χ1) is 9.55. The van der Waals surface area contributed by atoms with E-state index in [0.29, 0.717) is 5.92 Å². The molecule has 0 radical (unpaired) electrons. The van der Waals surface area contributed by atoms with E-state index in [1.807, 2.05) is 30.3 Å². The van der Waals surface area contributed by atoms with Crippen LogP contribution in [-0.2, 0) is 0 Å². The van der Waals surface area contributed by atoms with Crippen molar-refractivity contribution in [3.05, 3.63) is 47.5 Å². The van der Waals surface area contributed by atoms with E-state index >= 15 is 0 Å². The van der Waals surface area contributed by atoms with Gasteiger partial charge in [-0.1, -0.05) is 55.8 Å². The summed E-state index contributed by atoms with van der Waals surface area (Å²) in [5, 5.41) is 19.6. The molecule has 1 aliphatic carbocycles. The number of hydrogen-bond donors (Lipinski definition) is 0. The fourth-order valence-corrected chi connectivity index (χ4v) is 3.33. The van der Waals surface area contributed by atoms with E-state index in [1.54, 1.807) is 0 Å². The van der Waals surface area contributed by atoms with Gasteiger partial charge in [0.05, 0.1) is 12.1 Å². The van der Waals surface area contributed by atoms with E-state index in [0.717, 1.165) is 12.0 Å². The molecule has 0 N–H and O–H groups in total. The normalized spacial score (nSPS) is 24.6. The second-order valence-corrected chi connectivity index (χ2v) is 6.05. The van der Waals surface area contributed by atoms with Crippen molar-refractivity contribution in [2.24, 2.45) is 17.3 Å². The topological polar surface area (TPSA) is 47.6 Å². The van der Waals surface area contributed by atoms with Crippen molar-refractivity contribution in [3.8, 4) is 12.1 Å². The SMILES string of the molecule is CC1=C[C@@H](c2ccccc2)C(C#N)(C#N)[C@@H](C(C)C)C1. The Balaban J connectivity index is 2.61. The summed E-state index contributed by atoms with van der Waals surface area (Å²) in [4.78, 5) is 0. The molecule has 2 heteroatoms. The summed E-state index contributed by atoms with van der Waals surface area (Å²) < 4.78 is 0. The third-order valence-corrected chi connectivity index (χ3v) is 4.40. The average molecular weight is 264 g/mol. The van der Waals surface area contributed by atoms with Gasteiger partial charge in [-0.05, 0) is 30.7 Å². The molecule has 0 saturated carbocycles. The minimum Gasteiger partial charge on any atom is -0.197 e. The maximum absolute atomic E-state index is 9.78. The molecule has 0 heterocycles. The summed E-state index contributed by atoms with van der Waals surface area (Å²) in [7, 11) is 0. The van der Waals surface area contributed by atoms with Gasteiger partial charge >= 0.3 is 0 Å². The number of rotatable bonds is 2. The summed E-state index contributed by atoms with van der Waals surface area (Å²) in [5.41, 5.74) is 1.37. The van der Waals surface area contributed by atoms with E-state index in [1.165, 1.54) is 5.57 Å². The van der Waals surface area contributed by atoms with Gasteiger partial charge < -0.3 is 0 Å². The summed E-state index contributed by atoms with van der Waals surface area (Å²) in [6.07, 6.45) is 2.95. The van der Waals surface area contributed by atoms with Crippen LogP contribution in [0.15, 0.2) is 42.0 Å². The molecule has 2 nitrogen and oxygen atoms in total. The van der Waals surface area contributed by atoms with Gasteiger partial charge in [-0.25, -0.2) is 0 Å². The first kappa shape index (κ1) is 14.4. The van der Waals surface area contributed by atoms with Gasteiger partial charge in [0, 0.05) is 5.92 Å². The fourth-order valence-electron chi connectivity index (χ4n) is 3.33. The molecule has 1 aromatic carbocycles. The zero-order valence-electron chi connectivity index (χ0n) is 12.3. The van der Waals surface area contributed by atoms with Crippen LogP contribution in [0.4, 0.5) is 0 Å². The van der Waals surface area contributed by atoms with E-state index in [4.69, 9.17) is 0 Å². The van der Waals surface area contributed by atoms with Crippen LogP contribution in [0.5, 0.6) is 0 Å². The quantitative estimate of drug-likeness (QED) is 0.742. The highest BCUT2D eigenvalue weighted by Gasteiger charge is 2.49. The van der Waals surface area contributed by atoms with Gasteiger partial charge in [-0.3, -0.25) is 0 Å². The Hall–Kier alpha value is -2.06. The van der Waals surface area contributed by atoms with Crippen LogP contribution in [0, 0.1) is 39.9 Å². The number of allylic oxidation sites excluding steroid dienone is 2. The van der Waals surface area contributed by atoms with Gasteiger partial charge in [0.1, 0.15) is 0 Å². The average Bonchev–Trinajstić information content (AvgIpc) is 2.47. The molecule has 1 aromatic rings. The Morgan fingerprint density at radius 1 is 1.15 bits per heavy atom. The molecule has 2 rings (SSSR count). The molecule has 102 valence electrons. The van der Waals surface area contributed by atoms with E-state index in [-0.39, 0.29) is 11.8 Å².